The van der Waals surface area contributed by atoms with Crippen molar-refractivity contribution in [3.05, 3.63) is 23.5 Å². The monoisotopic (exact) mass is 290 g/mol. The molecule has 120 valence electrons. The normalized spacial score (nSPS) is 20.0. The second-order valence-corrected chi connectivity index (χ2v) is 6.71. The Labute approximate surface area is 131 Å². The van der Waals surface area contributed by atoms with E-state index < -0.39 is 0 Å². The van der Waals surface area contributed by atoms with Gasteiger partial charge in [-0.1, -0.05) is 46.5 Å². The number of rotatable bonds is 8. The van der Waals surface area contributed by atoms with Gasteiger partial charge >= 0.3 is 0 Å². The summed E-state index contributed by atoms with van der Waals surface area (Å²) in [5.41, 5.74) is 3.18. The molecular weight excluding hydrogens is 256 g/mol. The number of nitrogens with one attached hydrogen (secondary N) is 1. The molecule has 1 aromatic heterocycles. The molecule has 0 aliphatic heterocycles. The predicted molar refractivity (Wildman–Crippen MR) is 91.7 cm³/mol. The van der Waals surface area contributed by atoms with E-state index in [2.05, 4.69) is 43.0 Å². The maximum atomic E-state index is 3.68. The molecule has 0 bridgehead atoms. The zero-order chi connectivity index (χ0) is 15.1. The maximum absolute atomic E-state index is 3.68. The summed E-state index contributed by atoms with van der Waals surface area (Å²) in [5.74, 6) is 0.846. The number of hydrogen-bond donors (Lipinski definition) is 1. The molecule has 0 aromatic carbocycles. The molecule has 1 aliphatic rings. The van der Waals surface area contributed by atoms with E-state index in [1.165, 1.54) is 57.9 Å². The van der Waals surface area contributed by atoms with Gasteiger partial charge in [-0.05, 0) is 49.3 Å². The van der Waals surface area contributed by atoms with Gasteiger partial charge < -0.3 is 9.88 Å². The van der Waals surface area contributed by atoms with Gasteiger partial charge in [0.2, 0.25) is 0 Å². The van der Waals surface area contributed by atoms with Crippen molar-refractivity contribution in [3.8, 4) is 0 Å². The van der Waals surface area contributed by atoms with Gasteiger partial charge in [-0.3, -0.25) is 0 Å². The van der Waals surface area contributed by atoms with Gasteiger partial charge in [0.25, 0.3) is 0 Å². The molecule has 1 aromatic rings. The Morgan fingerprint density at radius 2 is 2.10 bits per heavy atom. The number of nitrogens with zero attached hydrogens (tertiary/aromatic N) is 1. The molecule has 2 heteroatoms. The van der Waals surface area contributed by atoms with Gasteiger partial charge in [-0.15, -0.1) is 0 Å². The summed E-state index contributed by atoms with van der Waals surface area (Å²) in [4.78, 5) is 0. The summed E-state index contributed by atoms with van der Waals surface area (Å²) >= 11 is 0. The average Bonchev–Trinajstić information content (AvgIpc) is 2.80. The quantitative estimate of drug-likeness (QED) is 0.660. The second kappa shape index (κ2) is 8.63. The van der Waals surface area contributed by atoms with Crippen LogP contribution in [0.5, 0.6) is 0 Å². The fourth-order valence-corrected chi connectivity index (χ4v) is 3.69. The van der Waals surface area contributed by atoms with Crippen LogP contribution in [0.3, 0.4) is 0 Å². The number of fused-ring (bicyclic) bond motifs is 1. The van der Waals surface area contributed by atoms with Crippen LogP contribution in [0.25, 0.3) is 0 Å². The van der Waals surface area contributed by atoms with Crippen molar-refractivity contribution in [1.29, 1.82) is 0 Å². The molecule has 1 heterocycles. The minimum Gasteiger partial charge on any atom is -0.353 e. The van der Waals surface area contributed by atoms with Gasteiger partial charge in [0.15, 0.2) is 0 Å². The fourth-order valence-electron chi connectivity index (χ4n) is 3.69. The molecule has 2 nitrogen and oxygen atoms in total. The predicted octanol–water partition coefficient (Wildman–Crippen LogP) is 5.08. The van der Waals surface area contributed by atoms with E-state index in [0.29, 0.717) is 6.04 Å². The molecule has 0 amide bonds. The largest absolute Gasteiger partial charge is 0.353 e. The van der Waals surface area contributed by atoms with Crippen molar-refractivity contribution in [1.82, 2.24) is 9.88 Å². The first-order valence-electron chi connectivity index (χ1n) is 9.20. The van der Waals surface area contributed by atoms with E-state index in [4.69, 9.17) is 0 Å². The Balaban J connectivity index is 2.06. The third-order valence-electron chi connectivity index (χ3n) is 5.02. The summed E-state index contributed by atoms with van der Waals surface area (Å²) < 4.78 is 2.49. The van der Waals surface area contributed by atoms with E-state index >= 15 is 0 Å². The molecule has 0 saturated heterocycles. The number of hydrogen-bond acceptors (Lipinski definition) is 1. The summed E-state index contributed by atoms with van der Waals surface area (Å²) in [5, 5.41) is 3.68. The number of aryl methyl sites for hydroxylation is 1. The lowest BCUT2D eigenvalue weighted by Crippen LogP contribution is -2.20. The van der Waals surface area contributed by atoms with Crippen LogP contribution in [-0.2, 0) is 13.0 Å². The molecule has 2 unspecified atom stereocenters. The Morgan fingerprint density at radius 3 is 2.81 bits per heavy atom. The zero-order valence-electron chi connectivity index (χ0n) is 14.3. The van der Waals surface area contributed by atoms with E-state index in [1.807, 2.05) is 0 Å². The summed E-state index contributed by atoms with van der Waals surface area (Å²) in [6.07, 6.45) is 15.6. The van der Waals surface area contributed by atoms with Crippen molar-refractivity contribution >= 4 is 0 Å². The zero-order valence-corrected chi connectivity index (χ0v) is 14.3. The van der Waals surface area contributed by atoms with Crippen LogP contribution >= 0.6 is 0 Å². The Morgan fingerprint density at radius 1 is 1.24 bits per heavy atom. The first-order chi connectivity index (χ1) is 10.3. The number of aromatic nitrogens is 1. The molecule has 1 aliphatic carbocycles. The number of unbranched alkanes of at least 4 members (excludes halogenated alkanes) is 1. The van der Waals surface area contributed by atoms with Gasteiger partial charge in [0.05, 0.1) is 0 Å². The van der Waals surface area contributed by atoms with Gasteiger partial charge in [0, 0.05) is 25.0 Å². The third kappa shape index (κ3) is 4.60. The Kier molecular flexibility index (Phi) is 6.82. The SMILES string of the molecule is CCCCC(CC)Cn1cc2c(c1)C(NCC)CCCC2. The lowest BCUT2D eigenvalue weighted by atomic mass is 9.99. The van der Waals surface area contributed by atoms with Crippen LogP contribution in [-0.4, -0.2) is 11.1 Å². The molecule has 1 N–H and O–H groups in total. The van der Waals surface area contributed by atoms with E-state index in [1.54, 1.807) is 11.1 Å². The van der Waals surface area contributed by atoms with Crippen molar-refractivity contribution in [2.75, 3.05) is 6.54 Å². The van der Waals surface area contributed by atoms with Crippen LogP contribution in [0.4, 0.5) is 0 Å². The average molecular weight is 290 g/mol. The van der Waals surface area contributed by atoms with Crippen LogP contribution in [0.1, 0.15) is 82.9 Å². The Bertz CT molecular complexity index is 408. The summed E-state index contributed by atoms with van der Waals surface area (Å²) in [6, 6.07) is 0.587. The highest BCUT2D eigenvalue weighted by atomic mass is 15.0. The lowest BCUT2D eigenvalue weighted by Gasteiger charge is -2.17. The third-order valence-corrected chi connectivity index (χ3v) is 5.02. The molecule has 2 atom stereocenters. The molecule has 21 heavy (non-hydrogen) atoms. The fraction of sp³-hybridized carbons (Fsp3) is 0.789. The van der Waals surface area contributed by atoms with Crippen molar-refractivity contribution in [3.63, 3.8) is 0 Å². The minimum atomic E-state index is 0.587. The molecule has 0 spiro atoms. The second-order valence-electron chi connectivity index (χ2n) is 6.71. The smallest absolute Gasteiger partial charge is 0.0337 e. The molecular formula is C19H34N2. The first-order valence-corrected chi connectivity index (χ1v) is 9.20. The van der Waals surface area contributed by atoms with Crippen LogP contribution in [0, 0.1) is 5.92 Å². The van der Waals surface area contributed by atoms with Gasteiger partial charge in [-0.25, -0.2) is 0 Å². The lowest BCUT2D eigenvalue weighted by molar-refractivity contribution is 0.390. The van der Waals surface area contributed by atoms with Crippen LogP contribution in [0.15, 0.2) is 12.4 Å². The highest BCUT2D eigenvalue weighted by Gasteiger charge is 2.20. The summed E-state index contributed by atoms with van der Waals surface area (Å²) in [6.45, 7) is 9.15. The Hall–Kier alpha value is -0.760. The van der Waals surface area contributed by atoms with E-state index in [-0.39, 0.29) is 0 Å². The van der Waals surface area contributed by atoms with Crippen LogP contribution < -0.4 is 5.32 Å². The van der Waals surface area contributed by atoms with Gasteiger partial charge in [-0.2, -0.15) is 0 Å². The van der Waals surface area contributed by atoms with E-state index in [9.17, 15) is 0 Å². The van der Waals surface area contributed by atoms with Crippen molar-refractivity contribution in [2.45, 2.75) is 84.7 Å². The minimum absolute atomic E-state index is 0.587. The maximum Gasteiger partial charge on any atom is 0.0337 e. The van der Waals surface area contributed by atoms with Crippen molar-refractivity contribution < 1.29 is 0 Å². The highest BCUT2D eigenvalue weighted by Crippen LogP contribution is 2.30. The van der Waals surface area contributed by atoms with Gasteiger partial charge in [0.1, 0.15) is 0 Å². The topological polar surface area (TPSA) is 17.0 Å². The molecule has 2 rings (SSSR count). The summed E-state index contributed by atoms with van der Waals surface area (Å²) in [7, 11) is 0. The molecule has 0 radical (unpaired) electrons. The molecule has 0 fully saturated rings. The standard InChI is InChI=1S/C19H34N2/c1-4-7-10-16(5-2)13-21-14-17-11-8-9-12-19(20-6-3)18(17)15-21/h14-16,19-20H,4-13H2,1-3H3. The first kappa shape index (κ1) is 16.6. The highest BCUT2D eigenvalue weighted by molar-refractivity contribution is 5.29. The van der Waals surface area contributed by atoms with Crippen LogP contribution in [0.2, 0.25) is 0 Å². The van der Waals surface area contributed by atoms with Crippen molar-refractivity contribution in [2.24, 2.45) is 5.92 Å². The molecule has 0 saturated carbocycles. The van der Waals surface area contributed by atoms with E-state index in [0.717, 1.165) is 12.5 Å².